The summed E-state index contributed by atoms with van der Waals surface area (Å²) in [4.78, 5) is 36.0. The molecule has 11 heteroatoms. The number of pyridine rings is 1. The first-order chi connectivity index (χ1) is 17.0. The predicted molar refractivity (Wildman–Crippen MR) is 134 cm³/mol. The van der Waals surface area contributed by atoms with E-state index in [2.05, 4.69) is 25.5 Å². The number of fused-ring (bicyclic) bond motifs is 2. The molecule has 5 rings (SSSR count). The third-order valence-corrected chi connectivity index (χ3v) is 7.47. The molecular weight excluding hydrogens is 468 g/mol. The number of aliphatic hydroxyl groups is 1. The van der Waals surface area contributed by atoms with E-state index in [-0.39, 0.29) is 17.4 Å². The van der Waals surface area contributed by atoms with Crippen molar-refractivity contribution < 1.29 is 14.6 Å². The highest BCUT2D eigenvalue weighted by Crippen LogP contribution is 2.29. The summed E-state index contributed by atoms with van der Waals surface area (Å²) < 4.78 is 7.02. The summed E-state index contributed by atoms with van der Waals surface area (Å²) in [7, 11) is 1.60. The standard InChI is InChI=1S/C24H28N6O4S/c1-34-17-3-4-18-19(8-17)30(23(33)11-26-18)7-6-29-12-15(20(31)13-29)9-25-10-16-2-5-21-24(27-16)28-22(32)14-35-21/h2-5,8,11,15,20,25,31H,6-7,9-10,12-14H2,1H3,(H,27,28,32)/t15-,20+/m0/s1. The fourth-order valence-electron chi connectivity index (χ4n) is 4.55. The Morgan fingerprint density at radius 2 is 2.11 bits per heavy atom. The maximum Gasteiger partial charge on any atom is 0.269 e. The van der Waals surface area contributed by atoms with Crippen molar-refractivity contribution in [3.8, 4) is 5.75 Å². The van der Waals surface area contributed by atoms with Crippen LogP contribution in [0.1, 0.15) is 5.69 Å². The molecule has 10 nitrogen and oxygen atoms in total. The molecule has 0 aliphatic carbocycles. The molecule has 2 aliphatic rings. The van der Waals surface area contributed by atoms with Gasteiger partial charge in [0.2, 0.25) is 5.91 Å². The number of carbonyl (C=O) groups excluding carboxylic acids is 1. The van der Waals surface area contributed by atoms with Crippen molar-refractivity contribution in [3.63, 3.8) is 0 Å². The first-order valence-corrected chi connectivity index (χ1v) is 12.6. The van der Waals surface area contributed by atoms with Gasteiger partial charge in [0.25, 0.3) is 5.56 Å². The second-order valence-electron chi connectivity index (χ2n) is 8.81. The van der Waals surface area contributed by atoms with Gasteiger partial charge in [-0.25, -0.2) is 9.97 Å². The van der Waals surface area contributed by atoms with Crippen molar-refractivity contribution in [1.29, 1.82) is 0 Å². The number of nitrogens with zero attached hydrogens (tertiary/aromatic N) is 4. The minimum Gasteiger partial charge on any atom is -0.497 e. The SMILES string of the molecule is COc1ccc2ncc(=O)n(CCN3C[C@H](CNCc4ccc5c(n4)NC(=O)CS5)[C@H](O)C3)c2c1. The summed E-state index contributed by atoms with van der Waals surface area (Å²) in [6.07, 6.45) is 0.903. The summed E-state index contributed by atoms with van der Waals surface area (Å²) in [5, 5.41) is 16.8. The van der Waals surface area contributed by atoms with Gasteiger partial charge in [-0.05, 0) is 24.3 Å². The minimum atomic E-state index is -0.444. The minimum absolute atomic E-state index is 0.0320. The van der Waals surface area contributed by atoms with Gasteiger partial charge in [0.1, 0.15) is 11.6 Å². The summed E-state index contributed by atoms with van der Waals surface area (Å²) in [5.74, 6) is 1.76. The van der Waals surface area contributed by atoms with Crippen LogP contribution in [0.4, 0.5) is 5.82 Å². The van der Waals surface area contributed by atoms with Gasteiger partial charge in [-0.2, -0.15) is 0 Å². The van der Waals surface area contributed by atoms with Crippen LogP contribution in [0.3, 0.4) is 0 Å². The number of benzene rings is 1. The molecule has 0 unspecified atom stereocenters. The highest BCUT2D eigenvalue weighted by Gasteiger charge is 2.30. The molecule has 0 saturated carbocycles. The molecule has 2 aliphatic heterocycles. The van der Waals surface area contributed by atoms with E-state index in [9.17, 15) is 14.7 Å². The lowest BCUT2D eigenvalue weighted by Crippen LogP contribution is -2.31. The molecule has 3 aromatic rings. The maximum absolute atomic E-state index is 12.5. The number of ether oxygens (including phenoxy) is 1. The fourth-order valence-corrected chi connectivity index (χ4v) is 5.31. The van der Waals surface area contributed by atoms with Crippen molar-refractivity contribution in [2.45, 2.75) is 24.1 Å². The van der Waals surface area contributed by atoms with Gasteiger partial charge in [0.05, 0.1) is 46.8 Å². The lowest BCUT2D eigenvalue weighted by molar-refractivity contribution is -0.113. The van der Waals surface area contributed by atoms with Crippen molar-refractivity contribution in [2.75, 3.05) is 44.4 Å². The van der Waals surface area contributed by atoms with E-state index in [0.29, 0.717) is 50.0 Å². The van der Waals surface area contributed by atoms with Crippen LogP contribution >= 0.6 is 11.8 Å². The van der Waals surface area contributed by atoms with Gasteiger partial charge in [0.15, 0.2) is 0 Å². The summed E-state index contributed by atoms with van der Waals surface area (Å²) in [5.41, 5.74) is 2.16. The Morgan fingerprint density at radius 3 is 2.97 bits per heavy atom. The molecule has 0 bridgehead atoms. The van der Waals surface area contributed by atoms with E-state index in [1.54, 1.807) is 11.7 Å². The highest BCUT2D eigenvalue weighted by molar-refractivity contribution is 8.00. The van der Waals surface area contributed by atoms with Gasteiger partial charge in [-0.3, -0.25) is 14.5 Å². The Morgan fingerprint density at radius 1 is 1.23 bits per heavy atom. The molecule has 2 aromatic heterocycles. The molecule has 2 atom stereocenters. The van der Waals surface area contributed by atoms with Crippen LogP contribution in [0.5, 0.6) is 5.75 Å². The number of likely N-dealkylation sites (tertiary alicyclic amines) is 1. The van der Waals surface area contributed by atoms with Crippen LogP contribution in [0.25, 0.3) is 11.0 Å². The molecule has 1 amide bonds. The van der Waals surface area contributed by atoms with E-state index in [4.69, 9.17) is 4.74 Å². The number of methoxy groups -OCH3 is 1. The fraction of sp³-hybridized carbons (Fsp3) is 0.417. The molecule has 0 radical (unpaired) electrons. The predicted octanol–water partition coefficient (Wildman–Crippen LogP) is 0.927. The van der Waals surface area contributed by atoms with Gasteiger partial charge >= 0.3 is 0 Å². The van der Waals surface area contributed by atoms with E-state index < -0.39 is 6.10 Å². The van der Waals surface area contributed by atoms with Crippen molar-refractivity contribution in [1.82, 2.24) is 24.8 Å². The number of amides is 1. The number of thioether (sulfide) groups is 1. The topological polar surface area (TPSA) is 122 Å². The van der Waals surface area contributed by atoms with Crippen LogP contribution < -0.4 is 20.9 Å². The highest BCUT2D eigenvalue weighted by atomic mass is 32.2. The zero-order chi connectivity index (χ0) is 24.4. The quantitative estimate of drug-likeness (QED) is 0.418. The maximum atomic E-state index is 12.5. The average Bonchev–Trinajstić information content (AvgIpc) is 3.21. The van der Waals surface area contributed by atoms with E-state index >= 15 is 0 Å². The Hall–Kier alpha value is -2.99. The summed E-state index contributed by atoms with van der Waals surface area (Å²) in [6, 6.07) is 9.44. The monoisotopic (exact) mass is 496 g/mol. The van der Waals surface area contributed by atoms with Crippen LogP contribution in [-0.4, -0.2) is 75.6 Å². The Labute approximate surface area is 206 Å². The molecule has 184 valence electrons. The van der Waals surface area contributed by atoms with E-state index in [0.717, 1.165) is 28.2 Å². The number of aliphatic hydroxyl groups excluding tert-OH is 1. The van der Waals surface area contributed by atoms with Gasteiger partial charge < -0.3 is 25.0 Å². The first kappa shape index (κ1) is 23.7. The smallest absolute Gasteiger partial charge is 0.269 e. The van der Waals surface area contributed by atoms with E-state index in [1.165, 1.54) is 18.0 Å². The Bertz CT molecular complexity index is 1300. The van der Waals surface area contributed by atoms with Crippen molar-refractivity contribution >= 4 is 34.5 Å². The Kier molecular flexibility index (Phi) is 7.00. The molecule has 3 N–H and O–H groups in total. The lowest BCUT2D eigenvalue weighted by atomic mass is 10.1. The zero-order valence-corrected chi connectivity index (χ0v) is 20.3. The van der Waals surface area contributed by atoms with Crippen LogP contribution in [-0.2, 0) is 17.9 Å². The number of carbonyl (C=O) groups is 1. The number of aromatic nitrogens is 3. The molecule has 4 heterocycles. The van der Waals surface area contributed by atoms with Crippen LogP contribution in [0.2, 0.25) is 0 Å². The normalized spacial score (nSPS) is 20.1. The lowest BCUT2D eigenvalue weighted by Gasteiger charge is -2.18. The first-order valence-electron chi connectivity index (χ1n) is 11.6. The molecular formula is C24H28N6O4S. The molecule has 1 fully saturated rings. The van der Waals surface area contributed by atoms with Crippen molar-refractivity contribution in [3.05, 3.63) is 52.6 Å². The largest absolute Gasteiger partial charge is 0.497 e. The van der Waals surface area contributed by atoms with Gasteiger partial charge in [-0.15, -0.1) is 11.8 Å². The number of β-amino-alcohol motifs (C(OH)–C–C–N with tert-alkyl or cyclic N) is 1. The van der Waals surface area contributed by atoms with Gasteiger partial charge in [0, 0.05) is 51.3 Å². The summed E-state index contributed by atoms with van der Waals surface area (Å²) in [6.45, 7) is 3.64. The second-order valence-corrected chi connectivity index (χ2v) is 9.82. The third kappa shape index (κ3) is 5.32. The average molecular weight is 497 g/mol. The second kappa shape index (κ2) is 10.3. The number of hydrogen-bond acceptors (Lipinski definition) is 9. The number of hydrogen-bond donors (Lipinski definition) is 3. The zero-order valence-electron chi connectivity index (χ0n) is 19.4. The molecule has 1 saturated heterocycles. The van der Waals surface area contributed by atoms with Crippen molar-refractivity contribution in [2.24, 2.45) is 5.92 Å². The Balaban J connectivity index is 1.16. The summed E-state index contributed by atoms with van der Waals surface area (Å²) >= 11 is 1.49. The molecule has 1 aromatic carbocycles. The molecule has 0 spiro atoms. The van der Waals surface area contributed by atoms with Crippen LogP contribution in [0.15, 0.2) is 46.2 Å². The number of nitrogens with one attached hydrogen (secondary N) is 2. The number of rotatable bonds is 8. The van der Waals surface area contributed by atoms with Crippen LogP contribution in [0, 0.1) is 5.92 Å². The van der Waals surface area contributed by atoms with E-state index in [1.807, 2.05) is 30.3 Å². The number of anilines is 1. The molecule has 35 heavy (non-hydrogen) atoms. The van der Waals surface area contributed by atoms with Gasteiger partial charge in [-0.1, -0.05) is 0 Å². The third-order valence-electron chi connectivity index (χ3n) is 6.42.